The molecule has 1 aromatic carbocycles. The summed E-state index contributed by atoms with van der Waals surface area (Å²) < 4.78 is 104. The molecule has 114 valence electrons. The van der Waals surface area contributed by atoms with Gasteiger partial charge in [0, 0.05) is 11.6 Å². The largest absolute Gasteiger partial charge is 1.00 e. The molecule has 3 nitrogen and oxygen atoms in total. The molecule has 0 aliphatic carbocycles. The number of alkyl halides is 6. The van der Waals surface area contributed by atoms with Gasteiger partial charge in [0.05, 0.1) is 0 Å². The molecule has 0 saturated heterocycles. The van der Waals surface area contributed by atoms with E-state index in [-0.39, 0.29) is 57.5 Å². The van der Waals surface area contributed by atoms with Crippen LogP contribution in [0, 0.1) is 11.6 Å². The molecule has 0 N–H and O–H groups in total. The van der Waals surface area contributed by atoms with Gasteiger partial charge in [-0.2, -0.15) is 0 Å². The molecule has 0 unspecified atom stereocenters. The van der Waals surface area contributed by atoms with E-state index in [1.807, 2.05) is 0 Å². The van der Waals surface area contributed by atoms with Crippen molar-refractivity contribution in [1.82, 2.24) is 0 Å². The van der Waals surface area contributed by atoms with Crippen molar-refractivity contribution in [3.8, 4) is 11.5 Å². The number of rotatable bonds is 3. The first-order valence-corrected chi connectivity index (χ1v) is 4.55. The fraction of sp³-hybridized carbons (Fsp3) is 0.333. The van der Waals surface area contributed by atoms with Gasteiger partial charge in [0.1, 0.15) is 0 Å². The summed E-state index contributed by atoms with van der Waals surface area (Å²) in [5.41, 5.74) is -1.56. The molecule has 0 fully saturated rings. The van der Waals surface area contributed by atoms with Crippen LogP contribution in [0.25, 0.3) is 0 Å². The third kappa shape index (κ3) is 6.24. The Hall–Kier alpha value is -0.144. The first kappa shape index (κ1) is 20.9. The standard InChI is InChI=1S/C9H3F8O3.K/c10-6-3(2-18)7(11)5(20-9(15,16)17)1-4(6)19-8(12,13)14;/h1H,2H2;/q-1;+1. The third-order valence-corrected chi connectivity index (χ3v) is 1.82. The zero-order valence-corrected chi connectivity index (χ0v) is 13.2. The van der Waals surface area contributed by atoms with Crippen LogP contribution < -0.4 is 66.0 Å². The normalized spacial score (nSPS) is 11.9. The van der Waals surface area contributed by atoms with Gasteiger partial charge in [-0.15, -0.1) is 32.9 Å². The molecule has 0 heterocycles. The van der Waals surface area contributed by atoms with Gasteiger partial charge in [-0.1, -0.05) is 0 Å². The summed E-state index contributed by atoms with van der Waals surface area (Å²) >= 11 is 0. The summed E-state index contributed by atoms with van der Waals surface area (Å²) in [6.45, 7) is -1.75. The molecule has 12 heteroatoms. The van der Waals surface area contributed by atoms with Crippen molar-refractivity contribution in [2.75, 3.05) is 0 Å². The molecule has 0 aliphatic rings. The van der Waals surface area contributed by atoms with Gasteiger partial charge in [-0.25, -0.2) is 8.78 Å². The number of ether oxygens (including phenoxy) is 2. The van der Waals surface area contributed by atoms with Crippen molar-refractivity contribution in [2.24, 2.45) is 0 Å². The fourth-order valence-electron chi connectivity index (χ4n) is 1.16. The maximum absolute atomic E-state index is 13.3. The smallest absolute Gasteiger partial charge is 0.851 e. The predicted octanol–water partition coefficient (Wildman–Crippen LogP) is -0.374. The molecule has 1 aromatic rings. The van der Waals surface area contributed by atoms with Gasteiger partial charge in [0.25, 0.3) is 0 Å². The molecule has 21 heavy (non-hydrogen) atoms. The summed E-state index contributed by atoms with van der Waals surface area (Å²) in [5.74, 6) is -7.71. The van der Waals surface area contributed by atoms with Crippen LogP contribution in [0.3, 0.4) is 0 Å². The van der Waals surface area contributed by atoms with Crippen molar-refractivity contribution in [2.45, 2.75) is 19.3 Å². The van der Waals surface area contributed by atoms with Crippen molar-refractivity contribution in [1.29, 1.82) is 0 Å². The second kappa shape index (κ2) is 7.42. The minimum atomic E-state index is -5.45. The Bertz CT molecular complexity index is 459. The Kier molecular flexibility index (Phi) is 7.36. The van der Waals surface area contributed by atoms with Crippen LogP contribution in [0.2, 0.25) is 0 Å². The molecule has 0 atom stereocenters. The minimum Gasteiger partial charge on any atom is -0.851 e. The summed E-state index contributed by atoms with van der Waals surface area (Å²) in [4.78, 5) is 0. The molecule has 0 saturated carbocycles. The second-order valence-corrected chi connectivity index (χ2v) is 3.22. The molecule has 1 rings (SSSR count). The van der Waals surface area contributed by atoms with E-state index in [2.05, 4.69) is 9.47 Å². The zero-order valence-electron chi connectivity index (χ0n) is 10.0. The van der Waals surface area contributed by atoms with E-state index in [4.69, 9.17) is 0 Å². The minimum absolute atomic E-state index is 0. The molecule has 0 amide bonds. The maximum atomic E-state index is 13.3. The molecular weight excluding hydrogens is 347 g/mol. The van der Waals surface area contributed by atoms with Gasteiger partial charge in [0.2, 0.25) is 0 Å². The topological polar surface area (TPSA) is 41.5 Å². The quantitative estimate of drug-likeness (QED) is 0.552. The van der Waals surface area contributed by atoms with E-state index in [9.17, 15) is 40.2 Å². The Morgan fingerprint density at radius 3 is 1.43 bits per heavy atom. The van der Waals surface area contributed by atoms with Crippen molar-refractivity contribution in [3.05, 3.63) is 23.3 Å². The Morgan fingerprint density at radius 2 is 1.19 bits per heavy atom. The number of hydrogen-bond acceptors (Lipinski definition) is 3. The molecule has 0 spiro atoms. The fourth-order valence-corrected chi connectivity index (χ4v) is 1.16. The van der Waals surface area contributed by atoms with E-state index in [0.717, 1.165) is 0 Å². The van der Waals surface area contributed by atoms with E-state index in [1.54, 1.807) is 0 Å². The SMILES string of the molecule is [K+].[O-]Cc1c(F)c(OC(F)(F)F)cc(OC(F)(F)F)c1F. The van der Waals surface area contributed by atoms with Gasteiger partial charge < -0.3 is 14.6 Å². The van der Waals surface area contributed by atoms with Crippen LogP contribution in [0.15, 0.2) is 6.07 Å². The van der Waals surface area contributed by atoms with E-state index < -0.39 is 48.0 Å². The van der Waals surface area contributed by atoms with Crippen molar-refractivity contribution >= 4 is 0 Å². The average Bonchev–Trinajstić information content (AvgIpc) is 2.22. The monoisotopic (exact) mass is 350 g/mol. The molecule has 0 aliphatic heterocycles. The van der Waals surface area contributed by atoms with Crippen LogP contribution in [-0.4, -0.2) is 12.7 Å². The Balaban J connectivity index is 0.00000400. The van der Waals surface area contributed by atoms with Crippen LogP contribution in [-0.2, 0) is 6.61 Å². The van der Waals surface area contributed by atoms with Gasteiger partial charge in [-0.3, -0.25) is 0 Å². The van der Waals surface area contributed by atoms with Crippen molar-refractivity contribution < 1.29 is 101 Å². The van der Waals surface area contributed by atoms with E-state index >= 15 is 0 Å². The number of halogens is 8. The van der Waals surface area contributed by atoms with Crippen LogP contribution in [0.5, 0.6) is 11.5 Å². The second-order valence-electron chi connectivity index (χ2n) is 3.22. The summed E-state index contributed by atoms with van der Waals surface area (Å²) in [6, 6.07) is -0.287. The third-order valence-electron chi connectivity index (χ3n) is 1.82. The van der Waals surface area contributed by atoms with E-state index in [0.29, 0.717) is 0 Å². The summed E-state index contributed by atoms with van der Waals surface area (Å²) in [5, 5.41) is 10.5. The molecule has 0 aromatic heterocycles. The Morgan fingerprint density at radius 1 is 0.857 bits per heavy atom. The molecule has 0 radical (unpaired) electrons. The maximum Gasteiger partial charge on any atom is 1.00 e. The van der Waals surface area contributed by atoms with E-state index in [1.165, 1.54) is 0 Å². The Labute approximate surface area is 154 Å². The number of benzene rings is 1. The molecule has 0 bridgehead atoms. The van der Waals surface area contributed by atoms with Crippen LogP contribution in [0.1, 0.15) is 5.56 Å². The van der Waals surface area contributed by atoms with Crippen molar-refractivity contribution in [3.63, 3.8) is 0 Å². The number of hydrogen-bond donors (Lipinski definition) is 0. The van der Waals surface area contributed by atoms with Gasteiger partial charge >= 0.3 is 64.1 Å². The first-order chi connectivity index (χ1) is 8.94. The van der Waals surface area contributed by atoms with Gasteiger partial charge in [-0.05, 0) is 0 Å². The first-order valence-electron chi connectivity index (χ1n) is 4.55. The summed E-state index contributed by atoms with van der Waals surface area (Å²) in [7, 11) is 0. The summed E-state index contributed by atoms with van der Waals surface area (Å²) in [6.07, 6.45) is -10.9. The predicted molar refractivity (Wildman–Crippen MR) is 43.4 cm³/mol. The van der Waals surface area contributed by atoms with Crippen LogP contribution in [0.4, 0.5) is 35.1 Å². The molecular formula is C9H3F8KO3. The van der Waals surface area contributed by atoms with Gasteiger partial charge in [0.15, 0.2) is 23.1 Å². The van der Waals surface area contributed by atoms with Crippen LogP contribution >= 0.6 is 0 Å². The zero-order chi connectivity index (χ0) is 15.7. The average molecular weight is 350 g/mol.